The topological polar surface area (TPSA) is 101 Å². The Hall–Kier alpha value is -1.59. The third kappa shape index (κ3) is 3.97. The molecule has 6 heteroatoms. The van der Waals surface area contributed by atoms with Gasteiger partial charge in [0.15, 0.2) is 0 Å². The van der Waals surface area contributed by atoms with Gasteiger partial charge >= 0.3 is 0 Å². The molecule has 0 rings (SSSR count). The zero-order valence-corrected chi connectivity index (χ0v) is 9.22. The first kappa shape index (κ1) is 13.4. The van der Waals surface area contributed by atoms with Crippen molar-refractivity contribution >= 4 is 17.7 Å². The van der Waals surface area contributed by atoms with Gasteiger partial charge in [0.05, 0.1) is 5.41 Å². The second kappa shape index (κ2) is 5.33. The number of primary amides is 1. The van der Waals surface area contributed by atoms with Crippen molar-refractivity contribution in [1.82, 2.24) is 10.6 Å². The third-order valence-corrected chi connectivity index (χ3v) is 2.17. The Morgan fingerprint density at radius 1 is 1.13 bits per heavy atom. The molecular weight excluding hydrogens is 198 g/mol. The molecular formula is C9H17N3O3. The van der Waals surface area contributed by atoms with E-state index in [1.54, 1.807) is 0 Å². The van der Waals surface area contributed by atoms with E-state index >= 15 is 0 Å². The smallest absolute Gasteiger partial charge is 0.226 e. The van der Waals surface area contributed by atoms with Crippen molar-refractivity contribution in [2.24, 2.45) is 11.1 Å². The zero-order chi connectivity index (χ0) is 12.1. The Labute approximate surface area is 88.6 Å². The summed E-state index contributed by atoms with van der Waals surface area (Å²) in [5.41, 5.74) is 3.95. The standard InChI is InChI=1S/C9H17N3O3/c1-9(4-6(10)13,8(15)12-3)5-7(14)11-2/h4-5H2,1-3H3,(H2,10,13)(H,11,14)(H,12,15). The Bertz CT molecular complexity index is 278. The molecule has 6 nitrogen and oxygen atoms in total. The summed E-state index contributed by atoms with van der Waals surface area (Å²) in [6.07, 6.45) is -0.216. The maximum Gasteiger partial charge on any atom is 0.226 e. The highest BCUT2D eigenvalue weighted by Crippen LogP contribution is 2.25. The van der Waals surface area contributed by atoms with Crippen LogP contribution in [0, 0.1) is 5.41 Å². The molecule has 3 amide bonds. The van der Waals surface area contributed by atoms with Crippen LogP contribution < -0.4 is 16.4 Å². The molecule has 0 aromatic carbocycles. The number of nitrogens with one attached hydrogen (secondary N) is 2. The number of hydrogen-bond acceptors (Lipinski definition) is 3. The molecule has 0 aliphatic heterocycles. The molecule has 4 N–H and O–H groups in total. The number of carbonyl (C=O) groups excluding carboxylic acids is 3. The fraction of sp³-hybridized carbons (Fsp3) is 0.667. The molecule has 0 aliphatic carbocycles. The lowest BCUT2D eigenvalue weighted by atomic mass is 9.81. The molecule has 0 aromatic heterocycles. The SMILES string of the molecule is CNC(=O)CC(C)(CC(N)=O)C(=O)NC. The van der Waals surface area contributed by atoms with Crippen LogP contribution in [0.1, 0.15) is 19.8 Å². The van der Waals surface area contributed by atoms with Crippen molar-refractivity contribution < 1.29 is 14.4 Å². The van der Waals surface area contributed by atoms with Crippen molar-refractivity contribution in [2.45, 2.75) is 19.8 Å². The van der Waals surface area contributed by atoms with E-state index in [0.717, 1.165) is 0 Å². The third-order valence-electron chi connectivity index (χ3n) is 2.17. The van der Waals surface area contributed by atoms with Crippen LogP contribution >= 0.6 is 0 Å². The molecule has 0 heterocycles. The molecule has 0 spiro atoms. The van der Waals surface area contributed by atoms with Crippen LogP contribution in [-0.2, 0) is 14.4 Å². The second-order valence-corrected chi connectivity index (χ2v) is 3.63. The van der Waals surface area contributed by atoms with Gasteiger partial charge in [0.2, 0.25) is 17.7 Å². The largest absolute Gasteiger partial charge is 0.370 e. The highest BCUT2D eigenvalue weighted by Gasteiger charge is 2.36. The number of carbonyl (C=O) groups is 3. The predicted octanol–water partition coefficient (Wildman–Crippen LogP) is -1.25. The van der Waals surface area contributed by atoms with Crippen molar-refractivity contribution in [3.63, 3.8) is 0 Å². The first-order valence-corrected chi connectivity index (χ1v) is 4.57. The average molecular weight is 215 g/mol. The van der Waals surface area contributed by atoms with Crippen molar-refractivity contribution in [3.8, 4) is 0 Å². The molecule has 0 aromatic rings. The monoisotopic (exact) mass is 215 g/mol. The lowest BCUT2D eigenvalue weighted by Crippen LogP contribution is -2.43. The molecule has 0 bridgehead atoms. The Morgan fingerprint density at radius 2 is 1.67 bits per heavy atom. The summed E-state index contributed by atoms with van der Waals surface area (Å²) in [6.45, 7) is 1.53. The molecule has 86 valence electrons. The van der Waals surface area contributed by atoms with Crippen molar-refractivity contribution in [1.29, 1.82) is 0 Å². The number of nitrogens with two attached hydrogens (primary N) is 1. The maximum absolute atomic E-state index is 11.5. The second-order valence-electron chi connectivity index (χ2n) is 3.63. The Kier molecular flexibility index (Phi) is 4.77. The van der Waals surface area contributed by atoms with Gasteiger partial charge in [-0.05, 0) is 6.92 Å². The molecule has 0 saturated carbocycles. The molecule has 0 saturated heterocycles. The van der Waals surface area contributed by atoms with E-state index in [2.05, 4.69) is 10.6 Å². The normalized spacial score (nSPS) is 13.8. The van der Waals surface area contributed by atoms with Crippen LogP contribution in [0.15, 0.2) is 0 Å². The molecule has 1 unspecified atom stereocenters. The minimum Gasteiger partial charge on any atom is -0.370 e. The minimum atomic E-state index is -1.08. The lowest BCUT2D eigenvalue weighted by molar-refractivity contribution is -0.138. The van der Waals surface area contributed by atoms with Crippen molar-refractivity contribution in [3.05, 3.63) is 0 Å². The van der Waals surface area contributed by atoms with Crippen LogP contribution in [0.5, 0.6) is 0 Å². The van der Waals surface area contributed by atoms with Crippen LogP contribution in [0.25, 0.3) is 0 Å². The van der Waals surface area contributed by atoms with E-state index < -0.39 is 11.3 Å². The van der Waals surface area contributed by atoms with Gasteiger partial charge in [-0.1, -0.05) is 0 Å². The summed E-state index contributed by atoms with van der Waals surface area (Å²) in [5.74, 6) is -1.28. The van der Waals surface area contributed by atoms with Gasteiger partial charge in [-0.15, -0.1) is 0 Å². The number of hydrogen-bond donors (Lipinski definition) is 3. The van der Waals surface area contributed by atoms with Gasteiger partial charge in [-0.2, -0.15) is 0 Å². The van der Waals surface area contributed by atoms with Gasteiger partial charge in [0.25, 0.3) is 0 Å². The van der Waals surface area contributed by atoms with E-state index in [0.29, 0.717) is 0 Å². The zero-order valence-electron chi connectivity index (χ0n) is 9.22. The molecule has 0 radical (unpaired) electrons. The highest BCUT2D eigenvalue weighted by molar-refractivity contribution is 5.92. The summed E-state index contributed by atoms with van der Waals surface area (Å²) in [7, 11) is 2.92. The molecule has 15 heavy (non-hydrogen) atoms. The predicted molar refractivity (Wildman–Crippen MR) is 54.7 cm³/mol. The van der Waals surface area contributed by atoms with E-state index in [4.69, 9.17) is 5.73 Å². The Balaban J connectivity index is 4.76. The summed E-state index contributed by atoms with van der Waals surface area (Å²) in [4.78, 5) is 33.5. The number of amides is 3. The molecule has 1 atom stereocenters. The van der Waals surface area contributed by atoms with Crippen LogP contribution in [0.4, 0.5) is 0 Å². The minimum absolute atomic E-state index is 0.0634. The lowest BCUT2D eigenvalue weighted by Gasteiger charge is -2.25. The molecule has 0 fully saturated rings. The number of rotatable bonds is 5. The van der Waals surface area contributed by atoms with E-state index in [9.17, 15) is 14.4 Å². The highest BCUT2D eigenvalue weighted by atomic mass is 16.2. The summed E-state index contributed by atoms with van der Waals surface area (Å²) < 4.78 is 0. The van der Waals surface area contributed by atoms with E-state index in [-0.39, 0.29) is 24.7 Å². The summed E-state index contributed by atoms with van der Waals surface area (Å²) in [5, 5.41) is 4.82. The summed E-state index contributed by atoms with van der Waals surface area (Å²) >= 11 is 0. The van der Waals surface area contributed by atoms with Gasteiger partial charge in [0.1, 0.15) is 0 Å². The van der Waals surface area contributed by atoms with Crippen LogP contribution in [-0.4, -0.2) is 31.8 Å². The Morgan fingerprint density at radius 3 is 2.00 bits per heavy atom. The average Bonchev–Trinajstić information content (AvgIpc) is 2.14. The first-order chi connectivity index (χ1) is 6.85. The van der Waals surface area contributed by atoms with Gasteiger partial charge in [-0.3, -0.25) is 14.4 Å². The quantitative estimate of drug-likeness (QED) is 0.534. The van der Waals surface area contributed by atoms with Crippen LogP contribution in [0.3, 0.4) is 0 Å². The van der Waals surface area contributed by atoms with Gasteiger partial charge < -0.3 is 16.4 Å². The first-order valence-electron chi connectivity index (χ1n) is 4.57. The van der Waals surface area contributed by atoms with Gasteiger partial charge in [0, 0.05) is 26.9 Å². The fourth-order valence-corrected chi connectivity index (χ4v) is 1.35. The van der Waals surface area contributed by atoms with Crippen molar-refractivity contribution in [2.75, 3.05) is 14.1 Å². The fourth-order valence-electron chi connectivity index (χ4n) is 1.35. The van der Waals surface area contributed by atoms with E-state index in [1.807, 2.05) is 0 Å². The summed E-state index contributed by atoms with van der Waals surface area (Å²) in [6, 6.07) is 0. The maximum atomic E-state index is 11.5. The molecule has 0 aliphatic rings. The van der Waals surface area contributed by atoms with Crippen LogP contribution in [0.2, 0.25) is 0 Å². The van der Waals surface area contributed by atoms with Gasteiger partial charge in [-0.25, -0.2) is 0 Å². The van der Waals surface area contributed by atoms with E-state index in [1.165, 1.54) is 21.0 Å².